The summed E-state index contributed by atoms with van der Waals surface area (Å²) in [5.74, 6) is 3.78. The molecule has 6 heteroatoms. The van der Waals surface area contributed by atoms with Crippen LogP contribution in [0.1, 0.15) is 0 Å². The van der Waals surface area contributed by atoms with E-state index in [1.165, 1.54) is 0 Å². The molecule has 0 amide bonds. The molecule has 6 nitrogen and oxygen atoms in total. The first-order chi connectivity index (χ1) is 30.7. The third-order valence-corrected chi connectivity index (χ3v) is 11.2. The van der Waals surface area contributed by atoms with E-state index in [0.29, 0.717) is 34.9 Å². The molecule has 11 rings (SSSR count). The molecule has 0 spiro atoms. The quantitative estimate of drug-likeness (QED) is 0.152. The van der Waals surface area contributed by atoms with Gasteiger partial charge in [0.05, 0.1) is 0 Å². The molecule has 0 aliphatic rings. The van der Waals surface area contributed by atoms with Gasteiger partial charge >= 0.3 is 0 Å². The number of hydrogen-bond acceptors (Lipinski definition) is 6. The molecule has 2 heterocycles. The molecule has 2 aromatic heterocycles. The predicted octanol–water partition coefficient (Wildman–Crippen LogP) is 13.7. The largest absolute Gasteiger partial charge is 0.208 e. The SMILES string of the molecule is c1ccc(-c2nc(-c3ccccc3)nc(-c3ccc(-c4cccc5cccc(-c6cccc(-c7nc(-c8ccccc8)nc(-c8cccc9ccccc89)n7)c6)c45)cc3)n2)cc1. The van der Waals surface area contributed by atoms with Gasteiger partial charge in [-0.05, 0) is 49.9 Å². The van der Waals surface area contributed by atoms with Crippen molar-refractivity contribution in [1.82, 2.24) is 29.9 Å². The van der Waals surface area contributed by atoms with Gasteiger partial charge in [0, 0.05) is 33.4 Å². The van der Waals surface area contributed by atoms with Crippen LogP contribution in [0.3, 0.4) is 0 Å². The lowest BCUT2D eigenvalue weighted by molar-refractivity contribution is 1.07. The van der Waals surface area contributed by atoms with Gasteiger partial charge in [0.15, 0.2) is 34.9 Å². The van der Waals surface area contributed by atoms with Crippen LogP contribution >= 0.6 is 0 Å². The number of benzene rings is 9. The fourth-order valence-electron chi connectivity index (χ4n) is 8.15. The van der Waals surface area contributed by atoms with E-state index in [1.54, 1.807) is 0 Å². The van der Waals surface area contributed by atoms with Crippen molar-refractivity contribution in [2.24, 2.45) is 0 Å². The summed E-state index contributed by atoms with van der Waals surface area (Å²) in [7, 11) is 0. The summed E-state index contributed by atoms with van der Waals surface area (Å²) < 4.78 is 0. The van der Waals surface area contributed by atoms with Crippen molar-refractivity contribution < 1.29 is 0 Å². The number of hydrogen-bond donors (Lipinski definition) is 0. The first-order valence-electron chi connectivity index (χ1n) is 20.6. The minimum atomic E-state index is 0.615. The second-order valence-corrected chi connectivity index (χ2v) is 15.1. The predicted molar refractivity (Wildman–Crippen MR) is 252 cm³/mol. The highest BCUT2D eigenvalue weighted by molar-refractivity contribution is 6.07. The minimum absolute atomic E-state index is 0.615. The van der Waals surface area contributed by atoms with Crippen LogP contribution in [0, 0.1) is 0 Å². The lowest BCUT2D eigenvalue weighted by Crippen LogP contribution is -2.00. The highest BCUT2D eigenvalue weighted by atomic mass is 15.0. The molecule has 11 aromatic rings. The van der Waals surface area contributed by atoms with E-state index < -0.39 is 0 Å². The van der Waals surface area contributed by atoms with E-state index in [1.807, 2.05) is 91.0 Å². The van der Waals surface area contributed by atoms with Crippen LogP contribution in [0.5, 0.6) is 0 Å². The minimum Gasteiger partial charge on any atom is -0.208 e. The summed E-state index contributed by atoms with van der Waals surface area (Å²) in [6, 6.07) is 74.9. The zero-order valence-corrected chi connectivity index (χ0v) is 33.5. The number of rotatable bonds is 8. The molecule has 0 bridgehead atoms. The molecular formula is C56H36N6. The molecule has 0 saturated carbocycles. The number of fused-ring (bicyclic) bond motifs is 2. The van der Waals surface area contributed by atoms with E-state index in [0.717, 1.165) is 77.2 Å². The van der Waals surface area contributed by atoms with Gasteiger partial charge in [-0.1, -0.05) is 212 Å². The molecule has 0 aliphatic carbocycles. The molecule has 0 N–H and O–H groups in total. The van der Waals surface area contributed by atoms with E-state index in [4.69, 9.17) is 29.9 Å². The van der Waals surface area contributed by atoms with E-state index >= 15 is 0 Å². The Labute approximate surface area is 359 Å². The van der Waals surface area contributed by atoms with Gasteiger partial charge in [0.1, 0.15) is 0 Å². The fourth-order valence-corrected chi connectivity index (χ4v) is 8.15. The van der Waals surface area contributed by atoms with Gasteiger partial charge in [-0.25, -0.2) is 29.9 Å². The Bertz CT molecular complexity index is 3320. The van der Waals surface area contributed by atoms with Crippen LogP contribution in [0.15, 0.2) is 218 Å². The molecule has 0 saturated heterocycles. The van der Waals surface area contributed by atoms with Crippen LogP contribution in [-0.4, -0.2) is 29.9 Å². The van der Waals surface area contributed by atoms with Crippen molar-refractivity contribution in [2.45, 2.75) is 0 Å². The Morgan fingerprint density at radius 1 is 0.210 bits per heavy atom. The average molecular weight is 793 g/mol. The Kier molecular flexibility index (Phi) is 9.41. The van der Waals surface area contributed by atoms with Crippen LogP contribution in [0.2, 0.25) is 0 Å². The summed E-state index contributed by atoms with van der Waals surface area (Å²) in [5.41, 5.74) is 10.0. The lowest BCUT2D eigenvalue weighted by Gasteiger charge is -2.14. The normalized spacial score (nSPS) is 11.2. The van der Waals surface area contributed by atoms with E-state index in [9.17, 15) is 0 Å². The Morgan fingerprint density at radius 2 is 0.565 bits per heavy atom. The van der Waals surface area contributed by atoms with Crippen LogP contribution in [-0.2, 0) is 0 Å². The van der Waals surface area contributed by atoms with Crippen molar-refractivity contribution in [3.8, 4) is 90.6 Å². The van der Waals surface area contributed by atoms with Crippen molar-refractivity contribution >= 4 is 21.5 Å². The maximum absolute atomic E-state index is 5.15. The highest BCUT2D eigenvalue weighted by Gasteiger charge is 2.17. The molecule has 0 aliphatic heterocycles. The topological polar surface area (TPSA) is 77.3 Å². The fraction of sp³-hybridized carbons (Fsp3) is 0. The molecule has 62 heavy (non-hydrogen) atoms. The van der Waals surface area contributed by atoms with Gasteiger partial charge in [-0.15, -0.1) is 0 Å². The average Bonchev–Trinajstić information content (AvgIpc) is 3.36. The molecule has 0 radical (unpaired) electrons. The first-order valence-corrected chi connectivity index (χ1v) is 20.6. The molecule has 0 unspecified atom stereocenters. The molecule has 0 fully saturated rings. The monoisotopic (exact) mass is 792 g/mol. The number of aromatic nitrogens is 6. The Balaban J connectivity index is 1.000. The lowest BCUT2D eigenvalue weighted by atomic mass is 9.90. The smallest absolute Gasteiger partial charge is 0.164 e. The summed E-state index contributed by atoms with van der Waals surface area (Å²) >= 11 is 0. The zero-order valence-electron chi connectivity index (χ0n) is 33.5. The molecule has 9 aromatic carbocycles. The summed E-state index contributed by atoms with van der Waals surface area (Å²) in [5, 5.41) is 4.54. The van der Waals surface area contributed by atoms with Crippen molar-refractivity contribution in [2.75, 3.05) is 0 Å². The zero-order chi connectivity index (χ0) is 41.2. The van der Waals surface area contributed by atoms with Gasteiger partial charge in [-0.3, -0.25) is 0 Å². The van der Waals surface area contributed by atoms with Crippen LogP contribution < -0.4 is 0 Å². The van der Waals surface area contributed by atoms with Crippen molar-refractivity contribution in [3.05, 3.63) is 218 Å². The maximum Gasteiger partial charge on any atom is 0.164 e. The van der Waals surface area contributed by atoms with Crippen molar-refractivity contribution in [1.29, 1.82) is 0 Å². The second kappa shape index (κ2) is 15.9. The molecular weight excluding hydrogens is 757 g/mol. The van der Waals surface area contributed by atoms with Gasteiger partial charge in [0.2, 0.25) is 0 Å². The maximum atomic E-state index is 5.15. The first kappa shape index (κ1) is 36.6. The van der Waals surface area contributed by atoms with E-state index in [-0.39, 0.29) is 0 Å². The third-order valence-electron chi connectivity index (χ3n) is 11.2. The summed E-state index contributed by atoms with van der Waals surface area (Å²) in [4.78, 5) is 30.1. The Hall–Kier alpha value is -8.48. The molecule has 0 atom stereocenters. The highest BCUT2D eigenvalue weighted by Crippen LogP contribution is 2.39. The van der Waals surface area contributed by atoms with Crippen molar-refractivity contribution in [3.63, 3.8) is 0 Å². The second-order valence-electron chi connectivity index (χ2n) is 15.1. The van der Waals surface area contributed by atoms with Gasteiger partial charge < -0.3 is 0 Å². The Morgan fingerprint density at radius 3 is 1.13 bits per heavy atom. The summed E-state index contributed by atoms with van der Waals surface area (Å²) in [6.07, 6.45) is 0. The van der Waals surface area contributed by atoms with Gasteiger partial charge in [0.25, 0.3) is 0 Å². The molecule has 290 valence electrons. The summed E-state index contributed by atoms with van der Waals surface area (Å²) in [6.45, 7) is 0. The van der Waals surface area contributed by atoms with E-state index in [2.05, 4.69) is 127 Å². The van der Waals surface area contributed by atoms with Gasteiger partial charge in [-0.2, -0.15) is 0 Å². The number of nitrogens with zero attached hydrogens (tertiary/aromatic N) is 6. The standard InChI is InChI=1S/C56H36N6/c1-4-17-40(18-5-1)51-57-52(41-19-6-2-7-20-41)59-54(58-51)43-34-32-38(33-35-43)47-29-14-24-39-25-15-30-48(50(39)47)44-26-12-27-45(36-44)55-60-53(42-21-8-3-9-22-42)61-56(62-55)49-31-13-23-37-16-10-11-28-46(37)49/h1-36H. The third kappa shape index (κ3) is 7.06. The van der Waals surface area contributed by atoms with Crippen LogP contribution in [0.4, 0.5) is 0 Å². The van der Waals surface area contributed by atoms with Crippen LogP contribution in [0.25, 0.3) is 112 Å².